The highest BCUT2D eigenvalue weighted by Crippen LogP contribution is 2.33. The van der Waals surface area contributed by atoms with Crippen molar-refractivity contribution >= 4 is 26.4 Å². The maximum atomic E-state index is 13.3. The van der Waals surface area contributed by atoms with E-state index in [0.29, 0.717) is 47.1 Å². The van der Waals surface area contributed by atoms with Crippen molar-refractivity contribution in [3.05, 3.63) is 66.4 Å². The average Bonchev–Trinajstić information content (AvgIpc) is 3.49. The summed E-state index contributed by atoms with van der Waals surface area (Å²) in [5.41, 5.74) is 2.63. The lowest BCUT2D eigenvalue weighted by Gasteiger charge is -2.20. The number of hydrogen-bond donors (Lipinski definition) is 0. The molecule has 9 heteroatoms. The van der Waals surface area contributed by atoms with Gasteiger partial charge in [0.15, 0.2) is 11.4 Å². The topological polar surface area (TPSA) is 93.6 Å². The molecule has 8 nitrogen and oxygen atoms in total. The largest absolute Gasteiger partial charge is 0.461 e. The third kappa shape index (κ3) is 3.40. The Morgan fingerprint density at radius 2 is 1.73 bits per heavy atom. The first-order valence-corrected chi connectivity index (χ1v) is 12.2. The number of nitrogens with zero attached hydrogens (tertiary/aromatic N) is 5. The number of hydrogen-bond acceptors (Lipinski definition) is 6. The van der Waals surface area contributed by atoms with Gasteiger partial charge in [0.25, 0.3) is 0 Å². The zero-order chi connectivity index (χ0) is 23.2. The fraction of sp³-hybridized carbons (Fsp3) is 0.208. The number of benzene rings is 2. The van der Waals surface area contributed by atoms with E-state index in [2.05, 4.69) is 10.2 Å². The van der Waals surface area contributed by atoms with Gasteiger partial charge >= 0.3 is 0 Å². The molecular weight excluding hydrogens is 438 g/mol. The minimum absolute atomic E-state index is 0.282. The van der Waals surface area contributed by atoms with Crippen LogP contribution in [0.5, 0.6) is 0 Å². The second-order valence-corrected chi connectivity index (χ2v) is 9.61. The van der Waals surface area contributed by atoms with E-state index in [9.17, 15) is 8.42 Å². The fourth-order valence-corrected chi connectivity index (χ4v) is 5.79. The van der Waals surface area contributed by atoms with E-state index in [1.54, 1.807) is 29.0 Å². The van der Waals surface area contributed by atoms with Crippen LogP contribution in [-0.2, 0) is 10.0 Å². The summed E-state index contributed by atoms with van der Waals surface area (Å²) in [5.74, 6) is 1.02. The molecule has 0 aliphatic rings. The summed E-state index contributed by atoms with van der Waals surface area (Å²) in [7, 11) is -3.63. The summed E-state index contributed by atoms with van der Waals surface area (Å²) in [4.78, 5) is 0.282. The molecule has 0 N–H and O–H groups in total. The van der Waals surface area contributed by atoms with Crippen LogP contribution in [0.4, 0.5) is 0 Å². The molecule has 0 aliphatic carbocycles. The molecule has 3 aromatic heterocycles. The number of fused-ring (bicyclic) bond motifs is 3. The van der Waals surface area contributed by atoms with Crippen molar-refractivity contribution < 1.29 is 12.8 Å². The minimum atomic E-state index is -3.63. The Labute approximate surface area is 191 Å². The molecule has 0 radical (unpaired) electrons. The molecule has 5 rings (SSSR count). The highest BCUT2D eigenvalue weighted by Gasteiger charge is 2.25. The summed E-state index contributed by atoms with van der Waals surface area (Å²) < 4.78 is 35.3. The fourth-order valence-electron chi connectivity index (χ4n) is 4.08. The molecule has 0 unspecified atom stereocenters. The van der Waals surface area contributed by atoms with Crippen LogP contribution in [0.1, 0.15) is 19.4 Å². The Hall–Kier alpha value is -3.56. The van der Waals surface area contributed by atoms with Crippen molar-refractivity contribution in [2.24, 2.45) is 0 Å². The summed E-state index contributed by atoms with van der Waals surface area (Å²) >= 11 is 0. The molecule has 0 amide bonds. The van der Waals surface area contributed by atoms with Crippen molar-refractivity contribution in [2.75, 3.05) is 13.1 Å². The van der Waals surface area contributed by atoms with E-state index in [1.165, 1.54) is 4.31 Å². The lowest BCUT2D eigenvalue weighted by Crippen LogP contribution is -2.31. The normalized spacial score (nSPS) is 12.2. The SMILES string of the molecule is CCN(CC)S(=O)(=O)c1cc(-c2nn3c(-c4ccco4)nnc3c3ccccc23)ccc1C. The summed E-state index contributed by atoms with van der Waals surface area (Å²) in [5, 5.41) is 15.2. The van der Waals surface area contributed by atoms with Gasteiger partial charge in [-0.2, -0.15) is 13.9 Å². The van der Waals surface area contributed by atoms with Crippen LogP contribution in [0.25, 0.3) is 39.3 Å². The molecule has 0 saturated heterocycles. The molecule has 2 aromatic carbocycles. The first-order chi connectivity index (χ1) is 16.0. The molecule has 0 aliphatic heterocycles. The van der Waals surface area contributed by atoms with Crippen LogP contribution < -0.4 is 0 Å². The Bertz CT molecular complexity index is 1570. The van der Waals surface area contributed by atoms with E-state index in [0.717, 1.165) is 10.8 Å². The zero-order valence-corrected chi connectivity index (χ0v) is 19.4. The molecule has 0 saturated carbocycles. The maximum Gasteiger partial charge on any atom is 0.243 e. The van der Waals surface area contributed by atoms with Crippen LogP contribution in [0.15, 0.2) is 70.2 Å². The molecule has 5 aromatic rings. The minimum Gasteiger partial charge on any atom is -0.461 e. The second kappa shape index (κ2) is 8.09. The Kier molecular flexibility index (Phi) is 5.22. The zero-order valence-electron chi connectivity index (χ0n) is 18.6. The lowest BCUT2D eigenvalue weighted by atomic mass is 10.0. The Morgan fingerprint density at radius 1 is 0.970 bits per heavy atom. The van der Waals surface area contributed by atoms with E-state index in [4.69, 9.17) is 9.52 Å². The van der Waals surface area contributed by atoms with Crippen LogP contribution in [0.2, 0.25) is 0 Å². The van der Waals surface area contributed by atoms with Gasteiger partial charge in [-0.15, -0.1) is 10.2 Å². The molecule has 0 spiro atoms. The van der Waals surface area contributed by atoms with Crippen molar-refractivity contribution in [3.8, 4) is 22.8 Å². The lowest BCUT2D eigenvalue weighted by molar-refractivity contribution is 0.445. The van der Waals surface area contributed by atoms with E-state index in [-0.39, 0.29) is 4.90 Å². The maximum absolute atomic E-state index is 13.3. The van der Waals surface area contributed by atoms with Gasteiger partial charge in [0.05, 0.1) is 16.9 Å². The van der Waals surface area contributed by atoms with Crippen LogP contribution >= 0.6 is 0 Å². The highest BCUT2D eigenvalue weighted by molar-refractivity contribution is 7.89. The number of sulfonamides is 1. The van der Waals surface area contributed by atoms with Crippen LogP contribution in [0, 0.1) is 6.92 Å². The first-order valence-electron chi connectivity index (χ1n) is 10.7. The van der Waals surface area contributed by atoms with E-state index >= 15 is 0 Å². The molecule has 0 fully saturated rings. The summed E-state index contributed by atoms with van der Waals surface area (Å²) in [6.45, 7) is 6.30. The molecule has 33 heavy (non-hydrogen) atoms. The van der Waals surface area contributed by atoms with Gasteiger partial charge in [0, 0.05) is 29.4 Å². The van der Waals surface area contributed by atoms with Crippen molar-refractivity contribution in [1.29, 1.82) is 0 Å². The third-order valence-corrected chi connectivity index (χ3v) is 7.98. The molecule has 0 bridgehead atoms. The first kappa shape index (κ1) is 21.3. The Balaban J connectivity index is 1.79. The van der Waals surface area contributed by atoms with Gasteiger partial charge in [0.2, 0.25) is 15.8 Å². The average molecular weight is 462 g/mol. The van der Waals surface area contributed by atoms with Gasteiger partial charge in [0.1, 0.15) is 0 Å². The quantitative estimate of drug-likeness (QED) is 0.368. The van der Waals surface area contributed by atoms with Gasteiger partial charge in [-0.3, -0.25) is 0 Å². The van der Waals surface area contributed by atoms with Gasteiger partial charge in [-0.25, -0.2) is 8.42 Å². The van der Waals surface area contributed by atoms with Gasteiger partial charge in [-0.05, 0) is 30.7 Å². The molecule has 3 heterocycles. The highest BCUT2D eigenvalue weighted by atomic mass is 32.2. The smallest absolute Gasteiger partial charge is 0.243 e. The molecule has 0 atom stereocenters. The van der Waals surface area contributed by atoms with Crippen molar-refractivity contribution in [3.63, 3.8) is 0 Å². The summed E-state index contributed by atoms with van der Waals surface area (Å²) in [6, 6.07) is 16.8. The van der Waals surface area contributed by atoms with E-state index < -0.39 is 10.0 Å². The van der Waals surface area contributed by atoms with Crippen LogP contribution in [-0.4, -0.2) is 45.6 Å². The van der Waals surface area contributed by atoms with Gasteiger partial charge in [-0.1, -0.05) is 50.2 Å². The molecular formula is C24H23N5O3S. The number of rotatable bonds is 6. The standard InChI is InChI=1S/C24H23N5O3S/c1-4-28(5-2)33(30,31)21-15-17(13-12-16(21)3)22-18-9-6-7-10-19(18)23-25-26-24(29(23)27-22)20-11-8-14-32-20/h6-15H,4-5H2,1-3H3. The van der Waals surface area contributed by atoms with E-state index in [1.807, 2.05) is 57.2 Å². The van der Waals surface area contributed by atoms with Gasteiger partial charge < -0.3 is 4.42 Å². The third-order valence-electron chi connectivity index (χ3n) is 5.79. The number of aryl methyl sites for hydroxylation is 1. The monoisotopic (exact) mass is 461 g/mol. The van der Waals surface area contributed by atoms with Crippen molar-refractivity contribution in [1.82, 2.24) is 24.1 Å². The Morgan fingerprint density at radius 3 is 2.42 bits per heavy atom. The second-order valence-electron chi connectivity index (χ2n) is 7.70. The van der Waals surface area contributed by atoms with Crippen LogP contribution in [0.3, 0.4) is 0 Å². The number of aromatic nitrogens is 4. The number of furan rings is 1. The van der Waals surface area contributed by atoms with Crippen molar-refractivity contribution in [2.45, 2.75) is 25.7 Å². The summed E-state index contributed by atoms with van der Waals surface area (Å²) in [6.07, 6.45) is 1.57. The predicted molar refractivity (Wildman–Crippen MR) is 126 cm³/mol. The molecule has 168 valence electrons. The predicted octanol–water partition coefficient (Wildman–Crippen LogP) is 4.54.